The maximum Gasteiger partial charge on any atom is 0.358 e. The van der Waals surface area contributed by atoms with E-state index in [2.05, 4.69) is 21.2 Å². The Hall–Kier alpha value is -4.30. The highest BCUT2D eigenvalue weighted by Crippen LogP contribution is 2.35. The van der Waals surface area contributed by atoms with Gasteiger partial charge in [-0.15, -0.1) is 6.42 Å². The van der Waals surface area contributed by atoms with Crippen LogP contribution in [0.3, 0.4) is 0 Å². The maximum atomic E-state index is 11.9. The Kier molecular flexibility index (Phi) is 8.07. The normalized spacial score (nSPS) is 16.0. The summed E-state index contributed by atoms with van der Waals surface area (Å²) >= 11 is 0. The van der Waals surface area contributed by atoms with Crippen molar-refractivity contribution in [2.75, 3.05) is 19.8 Å². The molecule has 0 amide bonds. The first-order valence-electron chi connectivity index (χ1n) is 13.5. The number of carbonyl (C=O) groups is 1. The van der Waals surface area contributed by atoms with Crippen molar-refractivity contribution in [3.8, 4) is 35.2 Å². The number of fused-ring (bicyclic) bond motifs is 1. The van der Waals surface area contributed by atoms with E-state index < -0.39 is 5.97 Å². The summed E-state index contributed by atoms with van der Waals surface area (Å²) in [5.41, 5.74) is 3.53. The Morgan fingerprint density at radius 2 is 2.08 bits per heavy atom. The molecule has 0 spiro atoms. The molecule has 3 aromatic heterocycles. The van der Waals surface area contributed by atoms with Gasteiger partial charge in [0.2, 0.25) is 11.8 Å². The second-order valence-corrected chi connectivity index (χ2v) is 9.76. The molecule has 1 unspecified atom stereocenters. The average molecular weight is 547 g/mol. The molecule has 1 aromatic carbocycles. The summed E-state index contributed by atoms with van der Waals surface area (Å²) in [6.07, 6.45) is 11.0. The number of hydrogen-bond donors (Lipinski definition) is 0. The van der Waals surface area contributed by atoms with Crippen LogP contribution in [-0.4, -0.2) is 61.2 Å². The molecule has 1 fully saturated rings. The van der Waals surface area contributed by atoms with Gasteiger partial charge < -0.3 is 18.9 Å². The largest absolute Gasteiger partial charge is 0.478 e. The van der Waals surface area contributed by atoms with E-state index in [4.69, 9.17) is 25.4 Å². The quantitative estimate of drug-likeness (QED) is 0.215. The molecule has 1 aliphatic rings. The van der Waals surface area contributed by atoms with Crippen LogP contribution in [0, 0.1) is 12.3 Å². The van der Waals surface area contributed by atoms with Gasteiger partial charge in [-0.3, -0.25) is 0 Å². The lowest BCUT2D eigenvalue weighted by Gasteiger charge is -2.23. The first kappa shape index (κ1) is 27.3. The minimum atomic E-state index is -0.476. The fraction of sp³-hybridized carbons (Fsp3) is 0.448. The van der Waals surface area contributed by atoms with Crippen LogP contribution < -0.4 is 9.47 Å². The van der Waals surface area contributed by atoms with Gasteiger partial charge in [-0.05, 0) is 56.7 Å². The predicted octanol–water partition coefficient (Wildman–Crippen LogP) is 4.26. The highest BCUT2D eigenvalue weighted by Gasteiger charge is 2.22. The Morgan fingerprint density at radius 1 is 1.23 bits per heavy atom. The van der Waals surface area contributed by atoms with E-state index in [9.17, 15) is 4.79 Å². The van der Waals surface area contributed by atoms with Gasteiger partial charge in [0, 0.05) is 38.6 Å². The fourth-order valence-electron chi connectivity index (χ4n) is 4.78. The highest BCUT2D eigenvalue weighted by molar-refractivity contribution is 5.90. The standard InChI is InChI=1S/C29H34N6O5/c1-6-23-21-16-20(11-12-25(21)35(32-23)26-10-8-9-14-38-26)22-18-30-34(5)28(22)40-19(3)13-15-39-27-17-24(31-33(27)4)29(36)37-7-2/h1,11-12,16-19,26H,7-10,13-15H2,2-5H3/t19-,26?/m0/s1. The molecular formula is C29H34N6O5. The minimum Gasteiger partial charge on any atom is -0.478 e. The third-order valence-corrected chi connectivity index (χ3v) is 6.88. The Morgan fingerprint density at radius 3 is 2.83 bits per heavy atom. The molecule has 40 heavy (non-hydrogen) atoms. The van der Waals surface area contributed by atoms with Crippen molar-refractivity contribution in [3.63, 3.8) is 0 Å². The molecule has 11 nitrogen and oxygen atoms in total. The van der Waals surface area contributed by atoms with Crippen molar-refractivity contribution in [2.45, 2.75) is 51.9 Å². The molecule has 0 saturated carbocycles. The highest BCUT2D eigenvalue weighted by atomic mass is 16.5. The molecule has 0 bridgehead atoms. The summed E-state index contributed by atoms with van der Waals surface area (Å²) in [4.78, 5) is 11.9. The molecule has 11 heteroatoms. The SMILES string of the molecule is C#Cc1nn(C2CCCCO2)c2ccc(-c3cnn(C)c3O[C@@H](C)CCOc3cc(C(=O)OCC)nn3C)cc12. The van der Waals surface area contributed by atoms with Crippen LogP contribution in [0.5, 0.6) is 11.8 Å². The van der Waals surface area contributed by atoms with E-state index >= 15 is 0 Å². The second-order valence-electron chi connectivity index (χ2n) is 9.76. The summed E-state index contributed by atoms with van der Waals surface area (Å²) < 4.78 is 28.3. The summed E-state index contributed by atoms with van der Waals surface area (Å²) in [6.45, 7) is 5.11. The summed E-state index contributed by atoms with van der Waals surface area (Å²) in [5.74, 6) is 3.37. The Balaban J connectivity index is 1.29. The van der Waals surface area contributed by atoms with E-state index in [1.165, 1.54) is 4.68 Å². The molecule has 4 heterocycles. The molecular weight excluding hydrogens is 512 g/mol. The van der Waals surface area contributed by atoms with Crippen molar-refractivity contribution in [2.24, 2.45) is 14.1 Å². The van der Waals surface area contributed by atoms with Crippen molar-refractivity contribution >= 4 is 16.9 Å². The minimum absolute atomic E-state index is 0.104. The number of aromatic nitrogens is 6. The average Bonchev–Trinajstić information content (AvgIpc) is 3.64. The number of benzene rings is 1. The van der Waals surface area contributed by atoms with Gasteiger partial charge >= 0.3 is 5.97 Å². The van der Waals surface area contributed by atoms with Crippen LogP contribution in [-0.2, 0) is 23.6 Å². The number of rotatable bonds is 10. The van der Waals surface area contributed by atoms with Crippen molar-refractivity contribution in [1.29, 1.82) is 0 Å². The van der Waals surface area contributed by atoms with E-state index in [1.54, 1.807) is 30.9 Å². The first-order chi connectivity index (χ1) is 19.4. The molecule has 210 valence electrons. The van der Waals surface area contributed by atoms with Gasteiger partial charge in [0.25, 0.3) is 0 Å². The zero-order valence-electron chi connectivity index (χ0n) is 23.3. The zero-order chi connectivity index (χ0) is 28.2. The lowest BCUT2D eigenvalue weighted by atomic mass is 10.1. The number of hydrogen-bond acceptors (Lipinski definition) is 8. The van der Waals surface area contributed by atoms with E-state index in [0.29, 0.717) is 30.5 Å². The first-order valence-corrected chi connectivity index (χ1v) is 13.5. The fourth-order valence-corrected chi connectivity index (χ4v) is 4.78. The smallest absolute Gasteiger partial charge is 0.358 e. The van der Waals surface area contributed by atoms with Crippen LogP contribution in [0.15, 0.2) is 30.5 Å². The monoisotopic (exact) mass is 546 g/mol. The third-order valence-electron chi connectivity index (χ3n) is 6.88. The Bertz CT molecular complexity index is 1540. The molecule has 0 radical (unpaired) electrons. The topological polar surface area (TPSA) is 107 Å². The zero-order valence-corrected chi connectivity index (χ0v) is 23.3. The van der Waals surface area contributed by atoms with E-state index in [0.717, 1.165) is 47.9 Å². The summed E-state index contributed by atoms with van der Waals surface area (Å²) in [6, 6.07) is 7.68. The molecule has 0 aliphatic carbocycles. The van der Waals surface area contributed by atoms with Crippen LogP contribution >= 0.6 is 0 Å². The Labute approximate surface area is 232 Å². The van der Waals surface area contributed by atoms with Crippen molar-refractivity contribution in [3.05, 3.63) is 41.9 Å². The molecule has 1 aliphatic heterocycles. The van der Waals surface area contributed by atoms with Crippen LogP contribution in [0.25, 0.3) is 22.0 Å². The van der Waals surface area contributed by atoms with E-state index in [-0.39, 0.29) is 24.6 Å². The lowest BCUT2D eigenvalue weighted by Crippen LogP contribution is -2.19. The number of carbonyl (C=O) groups excluding carboxylic acids is 1. The number of aryl methyl sites for hydroxylation is 2. The third kappa shape index (κ3) is 5.53. The van der Waals surface area contributed by atoms with Crippen LogP contribution in [0.1, 0.15) is 61.9 Å². The number of terminal acetylenes is 1. The number of nitrogens with zero attached hydrogens (tertiary/aromatic N) is 6. The summed E-state index contributed by atoms with van der Waals surface area (Å²) in [7, 11) is 3.56. The number of ether oxygens (including phenoxy) is 4. The van der Waals surface area contributed by atoms with Crippen LogP contribution in [0.2, 0.25) is 0 Å². The molecule has 0 N–H and O–H groups in total. The molecule has 1 saturated heterocycles. The lowest BCUT2D eigenvalue weighted by molar-refractivity contribution is -0.0367. The van der Waals surface area contributed by atoms with Crippen molar-refractivity contribution < 1.29 is 23.7 Å². The molecule has 2 atom stereocenters. The maximum absolute atomic E-state index is 11.9. The van der Waals surface area contributed by atoms with Gasteiger partial charge in [-0.2, -0.15) is 15.3 Å². The molecule has 5 rings (SSSR count). The molecule has 4 aromatic rings. The van der Waals surface area contributed by atoms with Gasteiger partial charge in [0.05, 0.1) is 30.5 Å². The van der Waals surface area contributed by atoms with Gasteiger partial charge in [0.1, 0.15) is 11.8 Å². The number of esters is 1. The van der Waals surface area contributed by atoms with Gasteiger partial charge in [0.15, 0.2) is 11.9 Å². The second kappa shape index (κ2) is 11.8. The summed E-state index contributed by atoms with van der Waals surface area (Å²) in [5, 5.41) is 14.2. The van der Waals surface area contributed by atoms with Crippen LogP contribution in [0.4, 0.5) is 0 Å². The predicted molar refractivity (Wildman–Crippen MR) is 148 cm³/mol. The van der Waals surface area contributed by atoms with Crippen molar-refractivity contribution in [1.82, 2.24) is 29.3 Å². The van der Waals surface area contributed by atoms with Gasteiger partial charge in [-0.25, -0.2) is 18.8 Å². The van der Waals surface area contributed by atoms with E-state index in [1.807, 2.05) is 36.9 Å². The van der Waals surface area contributed by atoms with Gasteiger partial charge in [-0.1, -0.05) is 6.07 Å².